The van der Waals surface area contributed by atoms with E-state index in [0.29, 0.717) is 31.9 Å². The van der Waals surface area contributed by atoms with Gasteiger partial charge in [-0.25, -0.2) is 9.97 Å². The van der Waals surface area contributed by atoms with Crippen molar-refractivity contribution in [2.75, 3.05) is 26.6 Å². The van der Waals surface area contributed by atoms with Crippen LogP contribution < -0.4 is 10.5 Å². The number of carbonyl (C=O) groups is 2. The number of hydrogen-bond acceptors (Lipinski definition) is 7. The summed E-state index contributed by atoms with van der Waals surface area (Å²) in [5.74, 6) is -0.165. The average molecular weight is 431 g/mol. The number of para-hydroxylation sites is 1. The monoisotopic (exact) mass is 430 g/mol. The van der Waals surface area contributed by atoms with E-state index in [1.807, 2.05) is 30.3 Å². The van der Waals surface area contributed by atoms with E-state index >= 15 is 0 Å². The first-order valence-corrected chi connectivity index (χ1v) is 10.3. The van der Waals surface area contributed by atoms with Crippen molar-refractivity contribution in [1.82, 2.24) is 15.0 Å². The summed E-state index contributed by atoms with van der Waals surface area (Å²) in [7, 11) is 1.59. The molecule has 0 atom stereocenters. The van der Waals surface area contributed by atoms with E-state index in [2.05, 4.69) is 27.6 Å². The third-order valence-corrected chi connectivity index (χ3v) is 4.25. The van der Waals surface area contributed by atoms with Crippen molar-refractivity contribution in [3.05, 3.63) is 42.4 Å². The Morgan fingerprint density at radius 2 is 1.97 bits per heavy atom. The third kappa shape index (κ3) is 6.30. The van der Waals surface area contributed by atoms with Crippen molar-refractivity contribution in [2.45, 2.75) is 19.3 Å². The van der Waals surface area contributed by atoms with Gasteiger partial charge >= 0.3 is 0 Å². The topological polar surface area (TPSA) is 120 Å². The van der Waals surface area contributed by atoms with Gasteiger partial charge in [0.15, 0.2) is 0 Å². The number of nitrogens with two attached hydrogens (primary N) is 1. The molecule has 1 aromatic carbocycles. The highest BCUT2D eigenvalue weighted by atomic mass is 32.1. The number of hydrogen-bond donors (Lipinski definition) is 3. The zero-order valence-corrected chi connectivity index (χ0v) is 17.9. The molecule has 8 nitrogen and oxygen atoms in total. The molecule has 0 fully saturated rings. The number of ketones is 1. The van der Waals surface area contributed by atoms with Gasteiger partial charge in [0.1, 0.15) is 5.82 Å². The molecule has 0 unspecified atom stereocenters. The van der Waals surface area contributed by atoms with Crippen LogP contribution in [0, 0.1) is 0 Å². The SMILES string of the molecule is COc1nc2ccccc2cc1-c1cnc(CCOCCCC(=O)C(N)=O)[nH]1.CS. The normalized spacial score (nSPS) is 10.4. The van der Waals surface area contributed by atoms with E-state index in [4.69, 9.17) is 15.2 Å². The first-order valence-electron chi connectivity index (χ1n) is 9.41. The Hall–Kier alpha value is -2.91. The Labute approximate surface area is 180 Å². The Morgan fingerprint density at radius 1 is 1.20 bits per heavy atom. The fraction of sp³-hybridized carbons (Fsp3) is 0.333. The maximum Gasteiger partial charge on any atom is 0.284 e. The summed E-state index contributed by atoms with van der Waals surface area (Å²) >= 11 is 3.53. The Morgan fingerprint density at radius 3 is 2.70 bits per heavy atom. The number of carbonyl (C=O) groups excluding carboxylic acids is 2. The van der Waals surface area contributed by atoms with Crippen molar-refractivity contribution >= 4 is 35.2 Å². The fourth-order valence-corrected chi connectivity index (χ4v) is 2.80. The molecule has 3 aromatic rings. The van der Waals surface area contributed by atoms with Gasteiger partial charge in [0.05, 0.1) is 36.7 Å². The highest BCUT2D eigenvalue weighted by molar-refractivity contribution is 7.79. The van der Waals surface area contributed by atoms with Crippen molar-refractivity contribution in [3.8, 4) is 17.1 Å². The largest absolute Gasteiger partial charge is 0.480 e. The van der Waals surface area contributed by atoms with Crippen LogP contribution in [-0.2, 0) is 20.7 Å². The van der Waals surface area contributed by atoms with Crippen LogP contribution in [0.2, 0.25) is 0 Å². The minimum absolute atomic E-state index is 0.106. The molecule has 0 bridgehead atoms. The summed E-state index contributed by atoms with van der Waals surface area (Å²) in [4.78, 5) is 34.0. The molecule has 0 aliphatic heterocycles. The Kier molecular flexibility index (Phi) is 9.30. The average Bonchev–Trinajstić information content (AvgIpc) is 3.25. The number of aromatic nitrogens is 3. The van der Waals surface area contributed by atoms with E-state index in [-0.39, 0.29) is 6.42 Å². The van der Waals surface area contributed by atoms with E-state index in [9.17, 15) is 9.59 Å². The number of imidazole rings is 1. The van der Waals surface area contributed by atoms with Crippen LogP contribution in [0.1, 0.15) is 18.7 Å². The predicted octanol–water partition coefficient (Wildman–Crippen LogP) is 2.57. The Bertz CT molecular complexity index is 990. The number of thiol groups is 1. The van der Waals surface area contributed by atoms with Crippen LogP contribution in [0.3, 0.4) is 0 Å². The predicted molar refractivity (Wildman–Crippen MR) is 119 cm³/mol. The second kappa shape index (κ2) is 11.9. The quantitative estimate of drug-likeness (QED) is 0.258. The van der Waals surface area contributed by atoms with Gasteiger partial charge in [-0.05, 0) is 24.8 Å². The fourth-order valence-electron chi connectivity index (χ4n) is 2.80. The lowest BCUT2D eigenvalue weighted by molar-refractivity contribution is -0.136. The second-order valence-electron chi connectivity index (χ2n) is 6.23. The van der Waals surface area contributed by atoms with Crippen molar-refractivity contribution in [2.24, 2.45) is 5.73 Å². The number of H-pyrrole nitrogens is 1. The molecule has 3 N–H and O–H groups in total. The molecule has 1 amide bonds. The number of benzene rings is 1. The van der Waals surface area contributed by atoms with Gasteiger partial charge in [-0.15, -0.1) is 0 Å². The zero-order chi connectivity index (χ0) is 21.9. The summed E-state index contributed by atoms with van der Waals surface area (Å²) in [5, 5.41) is 1.02. The minimum atomic E-state index is -0.901. The van der Waals surface area contributed by atoms with E-state index < -0.39 is 11.7 Å². The number of pyridine rings is 1. The highest BCUT2D eigenvalue weighted by Gasteiger charge is 2.12. The van der Waals surface area contributed by atoms with Gasteiger partial charge in [0.25, 0.3) is 5.91 Å². The first kappa shape index (κ1) is 23.4. The maximum atomic E-state index is 11.1. The van der Waals surface area contributed by atoms with Crippen LogP contribution in [0.5, 0.6) is 5.88 Å². The molecule has 0 aliphatic carbocycles. The van der Waals surface area contributed by atoms with Gasteiger partial charge in [-0.3, -0.25) is 9.59 Å². The highest BCUT2D eigenvalue weighted by Crippen LogP contribution is 2.30. The molecular weight excluding hydrogens is 404 g/mol. The number of rotatable bonds is 10. The number of Topliss-reactive ketones (excluding diaryl/α,β-unsaturated/α-hetero) is 1. The van der Waals surface area contributed by atoms with E-state index in [1.54, 1.807) is 19.6 Å². The number of fused-ring (bicyclic) bond motifs is 1. The lowest BCUT2D eigenvalue weighted by atomic mass is 10.1. The molecule has 9 heteroatoms. The van der Waals surface area contributed by atoms with Crippen molar-refractivity contribution in [3.63, 3.8) is 0 Å². The summed E-state index contributed by atoms with van der Waals surface area (Å²) in [6, 6.07) is 9.86. The third-order valence-electron chi connectivity index (χ3n) is 4.25. The van der Waals surface area contributed by atoms with Crippen LogP contribution in [0.25, 0.3) is 22.2 Å². The number of primary amides is 1. The molecule has 2 aromatic heterocycles. The Balaban J connectivity index is 0.00000155. The zero-order valence-electron chi connectivity index (χ0n) is 17.1. The maximum absolute atomic E-state index is 11.1. The molecule has 0 aliphatic rings. The van der Waals surface area contributed by atoms with Gasteiger partial charge in [-0.1, -0.05) is 18.2 Å². The lowest BCUT2D eigenvalue weighted by Gasteiger charge is -2.08. The van der Waals surface area contributed by atoms with Crippen molar-refractivity contribution in [1.29, 1.82) is 0 Å². The van der Waals surface area contributed by atoms with E-state index in [0.717, 1.165) is 28.0 Å². The number of nitrogens with one attached hydrogen (secondary N) is 1. The number of methoxy groups -OCH3 is 1. The second-order valence-corrected chi connectivity index (χ2v) is 6.23. The molecule has 0 saturated heterocycles. The molecule has 0 spiro atoms. The first-order chi connectivity index (χ1) is 14.6. The minimum Gasteiger partial charge on any atom is -0.480 e. The van der Waals surface area contributed by atoms with Crippen molar-refractivity contribution < 1.29 is 19.1 Å². The number of nitrogens with zero attached hydrogens (tertiary/aromatic N) is 2. The summed E-state index contributed by atoms with van der Waals surface area (Å²) in [6.07, 6.45) is 4.60. The lowest BCUT2D eigenvalue weighted by Crippen LogP contribution is -2.23. The van der Waals surface area contributed by atoms with Crippen LogP contribution >= 0.6 is 12.6 Å². The standard InChI is InChI=1S/C20H22N4O4.CH4S/c1-27-20-14(11-13-5-2-3-6-15(13)24-20)16-12-22-18(23-16)8-10-28-9-4-7-17(25)19(21)26;1-2/h2-3,5-6,11-12H,4,7-10H2,1H3,(H2,21,26)(H,22,23);2H,1H3. The van der Waals surface area contributed by atoms with Gasteiger partial charge in [0, 0.05) is 24.8 Å². The van der Waals surface area contributed by atoms with E-state index in [1.165, 1.54) is 0 Å². The summed E-state index contributed by atoms with van der Waals surface area (Å²) in [5.41, 5.74) is 7.42. The summed E-state index contributed by atoms with van der Waals surface area (Å²) < 4.78 is 10.9. The number of amides is 1. The molecule has 30 heavy (non-hydrogen) atoms. The van der Waals surface area contributed by atoms with Crippen LogP contribution in [0.4, 0.5) is 0 Å². The molecular formula is C21H26N4O4S. The van der Waals surface area contributed by atoms with Gasteiger partial charge in [-0.2, -0.15) is 12.6 Å². The smallest absolute Gasteiger partial charge is 0.284 e. The molecule has 2 heterocycles. The molecule has 3 rings (SSSR count). The molecule has 160 valence electrons. The van der Waals surface area contributed by atoms with Gasteiger partial charge < -0.3 is 20.2 Å². The number of ether oxygens (including phenoxy) is 2. The van der Waals surface area contributed by atoms with Crippen LogP contribution in [-0.4, -0.2) is 53.2 Å². The van der Waals surface area contributed by atoms with Crippen LogP contribution in [0.15, 0.2) is 36.5 Å². The summed E-state index contributed by atoms with van der Waals surface area (Å²) in [6.45, 7) is 0.833. The molecule has 0 saturated carbocycles. The molecule has 0 radical (unpaired) electrons. The van der Waals surface area contributed by atoms with Gasteiger partial charge in [0.2, 0.25) is 11.7 Å². The number of aromatic amines is 1.